The number of nitrogens with zero attached hydrogens (tertiary/aromatic N) is 3. The van der Waals surface area contributed by atoms with E-state index in [2.05, 4.69) is 53.0 Å². The first kappa shape index (κ1) is 27.6. The number of rotatable bonds is 5. The highest BCUT2D eigenvalue weighted by Crippen LogP contribution is 2.49. The van der Waals surface area contributed by atoms with Crippen molar-refractivity contribution < 1.29 is 17.5 Å². The Kier molecular flexibility index (Phi) is 6.71. The minimum atomic E-state index is -3.24. The standard InChI is InChI=1S/C36H41FN4O2SSi/c1-21(2)45(22(3)4,23(5)6)17-16-24-10-9-11-27-34(24)31-20-32(40(7)36(27)42)35-39-29-14-12-26(19-30(29)41(31)35)25-13-15-33(28(37)18-25)44(8,38)43/h9-15,18-19,21-23,31-32,38H,20H2,1-8H3/t31-,32-,44?/m1/s1/i7D3. The third-order valence-corrected chi connectivity index (χ3v) is 17.4. The fourth-order valence-corrected chi connectivity index (χ4v) is 13.8. The molecule has 6 nitrogen and oxygen atoms in total. The van der Waals surface area contributed by atoms with Crippen molar-refractivity contribution >= 4 is 34.7 Å². The molecule has 3 heterocycles. The molecule has 234 valence electrons. The molecule has 0 aliphatic carbocycles. The quantitative estimate of drug-likeness (QED) is 0.175. The van der Waals surface area contributed by atoms with Crippen LogP contribution in [0, 0.1) is 22.1 Å². The Hall–Kier alpha value is -3.74. The second-order valence-corrected chi connectivity index (χ2v) is 21.1. The first-order valence-electron chi connectivity index (χ1n) is 16.9. The molecule has 0 radical (unpaired) electrons. The third-order valence-electron chi connectivity index (χ3n) is 9.94. The van der Waals surface area contributed by atoms with E-state index in [0.717, 1.165) is 16.0 Å². The first-order valence-corrected chi connectivity index (χ1v) is 19.6. The molecule has 1 N–H and O–H groups in total. The Balaban J connectivity index is 1.60. The van der Waals surface area contributed by atoms with Crippen molar-refractivity contribution in [2.45, 2.75) is 81.6 Å². The largest absolute Gasteiger partial charge is 0.331 e. The first-order chi connectivity index (χ1) is 22.4. The number of carbonyl (C=O) groups excluding carboxylic acids is 1. The third kappa shape index (κ3) is 4.85. The van der Waals surface area contributed by atoms with Gasteiger partial charge in [-0.15, -0.1) is 5.54 Å². The normalized spacial score (nSPS) is 20.3. The van der Waals surface area contributed by atoms with E-state index >= 15 is 4.39 Å². The summed E-state index contributed by atoms with van der Waals surface area (Å²) in [7, 11) is -5.38. The minimum absolute atomic E-state index is 0.151. The van der Waals surface area contributed by atoms with E-state index in [0.29, 0.717) is 56.6 Å². The number of benzene rings is 3. The predicted molar refractivity (Wildman–Crippen MR) is 182 cm³/mol. The van der Waals surface area contributed by atoms with E-state index in [9.17, 15) is 9.00 Å². The van der Waals surface area contributed by atoms with Gasteiger partial charge in [-0.3, -0.25) is 4.79 Å². The number of halogens is 1. The zero-order valence-electron chi connectivity index (χ0n) is 29.7. The van der Waals surface area contributed by atoms with Gasteiger partial charge in [-0.2, -0.15) is 0 Å². The lowest BCUT2D eigenvalue weighted by Gasteiger charge is -2.38. The van der Waals surface area contributed by atoms with Crippen LogP contribution in [0.3, 0.4) is 0 Å². The van der Waals surface area contributed by atoms with Gasteiger partial charge in [0.1, 0.15) is 19.7 Å². The smallest absolute Gasteiger partial charge is 0.254 e. The van der Waals surface area contributed by atoms with Crippen LogP contribution < -0.4 is 0 Å². The molecule has 1 unspecified atom stereocenters. The molecule has 45 heavy (non-hydrogen) atoms. The SMILES string of the molecule is [2H]C([2H])([2H])N1C(=O)c2cccc(C#C[Si](C(C)C)(C(C)C)C(C)C)c2[C@H]2C[C@@H]1c1nc3ccc(-c4ccc(S(C)(=N)=O)c(F)c4)cc3n12. The van der Waals surface area contributed by atoms with Gasteiger partial charge in [0, 0.05) is 40.5 Å². The Morgan fingerprint density at radius 2 is 1.69 bits per heavy atom. The van der Waals surface area contributed by atoms with Gasteiger partial charge in [0.15, 0.2) is 0 Å². The molecule has 4 aromatic rings. The van der Waals surface area contributed by atoms with E-state index < -0.39 is 48.6 Å². The lowest BCUT2D eigenvalue weighted by molar-refractivity contribution is 0.0734. The summed E-state index contributed by atoms with van der Waals surface area (Å²) < 4.78 is 62.4. The van der Waals surface area contributed by atoms with Crippen molar-refractivity contribution in [3.63, 3.8) is 0 Å². The molecule has 2 aliphatic rings. The second-order valence-electron chi connectivity index (χ2n) is 13.4. The summed E-state index contributed by atoms with van der Waals surface area (Å²) in [5.74, 6) is 2.78. The fourth-order valence-electron chi connectivity index (χ4n) is 7.84. The number of carbonyl (C=O) groups is 1. The average molecular weight is 644 g/mol. The van der Waals surface area contributed by atoms with Crippen LogP contribution in [0.4, 0.5) is 4.39 Å². The van der Waals surface area contributed by atoms with Crippen LogP contribution in [-0.4, -0.2) is 45.9 Å². The summed E-state index contributed by atoms with van der Waals surface area (Å²) >= 11 is 0. The van der Waals surface area contributed by atoms with E-state index in [1.54, 1.807) is 24.3 Å². The van der Waals surface area contributed by atoms with Crippen LogP contribution in [0.25, 0.3) is 22.2 Å². The van der Waals surface area contributed by atoms with Gasteiger partial charge in [0.05, 0.1) is 37.7 Å². The van der Waals surface area contributed by atoms with Crippen LogP contribution in [0.1, 0.15) is 91.5 Å². The molecule has 6 rings (SSSR count). The topological polar surface area (TPSA) is 79.1 Å². The van der Waals surface area contributed by atoms with Gasteiger partial charge in [-0.25, -0.2) is 18.4 Å². The van der Waals surface area contributed by atoms with Crippen LogP contribution in [0.5, 0.6) is 0 Å². The highest BCUT2D eigenvalue weighted by Gasteiger charge is 2.45. The number of hydrogen-bond acceptors (Lipinski definition) is 4. The van der Waals surface area contributed by atoms with Crippen LogP contribution in [0.2, 0.25) is 16.6 Å². The molecule has 0 saturated carbocycles. The van der Waals surface area contributed by atoms with Crippen molar-refractivity contribution in [1.82, 2.24) is 14.5 Å². The molecule has 0 saturated heterocycles. The van der Waals surface area contributed by atoms with E-state index in [1.807, 2.05) is 22.8 Å². The Morgan fingerprint density at radius 3 is 2.31 bits per heavy atom. The highest BCUT2D eigenvalue weighted by atomic mass is 32.2. The zero-order chi connectivity index (χ0) is 35.1. The summed E-state index contributed by atoms with van der Waals surface area (Å²) in [5.41, 5.74) is 9.34. The molecule has 0 fully saturated rings. The van der Waals surface area contributed by atoms with Crippen molar-refractivity contribution in [3.05, 3.63) is 82.9 Å². The van der Waals surface area contributed by atoms with Crippen molar-refractivity contribution in [3.8, 4) is 22.6 Å². The number of imidazole rings is 1. The van der Waals surface area contributed by atoms with Gasteiger partial charge >= 0.3 is 0 Å². The molecule has 1 amide bonds. The van der Waals surface area contributed by atoms with Crippen LogP contribution >= 0.6 is 0 Å². The summed E-state index contributed by atoms with van der Waals surface area (Å²) in [6.45, 7) is 10.8. The van der Waals surface area contributed by atoms with Gasteiger partial charge in [0.2, 0.25) is 0 Å². The molecule has 9 heteroatoms. The zero-order valence-corrected chi connectivity index (χ0v) is 28.6. The van der Waals surface area contributed by atoms with Crippen molar-refractivity contribution in [2.24, 2.45) is 0 Å². The molecule has 2 bridgehead atoms. The molecule has 3 atom stereocenters. The average Bonchev–Trinajstić information content (AvgIpc) is 3.48. The number of nitrogens with one attached hydrogen (secondary N) is 1. The number of aromatic nitrogens is 2. The van der Waals surface area contributed by atoms with E-state index in [-0.39, 0.29) is 4.90 Å². The summed E-state index contributed by atoms with van der Waals surface area (Å²) in [6, 6.07) is 14.0. The molecular formula is C36H41FN4O2SSi. The highest BCUT2D eigenvalue weighted by molar-refractivity contribution is 7.91. The van der Waals surface area contributed by atoms with Gasteiger partial charge in [-0.05, 0) is 64.1 Å². The Bertz CT molecular complexity index is 2130. The van der Waals surface area contributed by atoms with Crippen LogP contribution in [0.15, 0.2) is 59.5 Å². The maximum Gasteiger partial charge on any atom is 0.254 e. The Labute approximate surface area is 271 Å². The molecule has 2 aliphatic heterocycles. The van der Waals surface area contributed by atoms with Crippen molar-refractivity contribution in [2.75, 3.05) is 13.2 Å². The predicted octanol–water partition coefficient (Wildman–Crippen LogP) is 8.57. The van der Waals surface area contributed by atoms with Gasteiger partial charge in [-0.1, -0.05) is 65.7 Å². The van der Waals surface area contributed by atoms with Gasteiger partial charge in [0.25, 0.3) is 5.91 Å². The molecule has 0 spiro atoms. The second kappa shape index (κ2) is 11.0. The fraction of sp³-hybridized carbons (Fsp3) is 0.389. The summed E-state index contributed by atoms with van der Waals surface area (Å²) in [4.78, 5) is 19.9. The number of hydrogen-bond donors (Lipinski definition) is 1. The maximum atomic E-state index is 15.0. The monoisotopic (exact) mass is 643 g/mol. The number of fused-ring (bicyclic) bond motifs is 9. The molecule has 3 aromatic carbocycles. The van der Waals surface area contributed by atoms with E-state index in [4.69, 9.17) is 13.9 Å². The van der Waals surface area contributed by atoms with Crippen molar-refractivity contribution in [1.29, 1.82) is 4.78 Å². The molecule has 1 aromatic heterocycles. The Morgan fingerprint density at radius 1 is 1.02 bits per heavy atom. The van der Waals surface area contributed by atoms with E-state index in [1.165, 1.54) is 18.4 Å². The summed E-state index contributed by atoms with van der Waals surface area (Å²) in [5, 5.41) is 0. The summed E-state index contributed by atoms with van der Waals surface area (Å²) in [6.07, 6.45) is 1.52. The minimum Gasteiger partial charge on any atom is -0.331 e. The molecular weight excluding hydrogens is 600 g/mol. The maximum absolute atomic E-state index is 15.0. The lowest BCUT2D eigenvalue weighted by Crippen LogP contribution is -2.43. The number of amides is 1. The van der Waals surface area contributed by atoms with Gasteiger partial charge < -0.3 is 9.47 Å². The lowest BCUT2D eigenvalue weighted by atomic mass is 9.93. The van der Waals surface area contributed by atoms with Crippen LogP contribution in [-0.2, 0) is 9.73 Å².